The number of nitrogens with zero attached hydrogens (tertiary/aromatic N) is 1. The average Bonchev–Trinajstić information content (AvgIpc) is 2.96. The minimum atomic E-state index is -3.64. The van der Waals surface area contributed by atoms with Crippen LogP contribution in [0.1, 0.15) is 4.88 Å². The molecule has 0 spiro atoms. The first-order valence-electron chi connectivity index (χ1n) is 6.24. The van der Waals surface area contributed by atoms with Crippen LogP contribution in [0.25, 0.3) is 10.9 Å². The molecule has 0 saturated heterocycles. The van der Waals surface area contributed by atoms with Gasteiger partial charge >= 0.3 is 0 Å². The van der Waals surface area contributed by atoms with Crippen LogP contribution in [0, 0.1) is 0 Å². The SMILES string of the molecule is NCc1sccc1S(=O)(=O)Nc1cnc2ccccc2c1. The van der Waals surface area contributed by atoms with Crippen LogP contribution < -0.4 is 10.5 Å². The molecular formula is C14H13N3O2S2. The van der Waals surface area contributed by atoms with Crippen molar-refractivity contribution >= 4 is 38.0 Å². The van der Waals surface area contributed by atoms with Crippen LogP contribution in [-0.2, 0) is 16.6 Å². The van der Waals surface area contributed by atoms with Gasteiger partial charge in [-0.3, -0.25) is 9.71 Å². The lowest BCUT2D eigenvalue weighted by molar-refractivity contribution is 0.600. The van der Waals surface area contributed by atoms with Gasteiger partial charge in [0.1, 0.15) is 4.90 Å². The Bertz CT molecular complexity index is 888. The van der Waals surface area contributed by atoms with E-state index in [0.717, 1.165) is 10.9 Å². The van der Waals surface area contributed by atoms with E-state index in [1.54, 1.807) is 17.5 Å². The van der Waals surface area contributed by atoms with Crippen molar-refractivity contribution < 1.29 is 8.42 Å². The summed E-state index contributed by atoms with van der Waals surface area (Å²) in [6.45, 7) is 0.198. The van der Waals surface area contributed by atoms with Crippen molar-refractivity contribution in [1.82, 2.24) is 4.98 Å². The summed E-state index contributed by atoms with van der Waals surface area (Å²) >= 11 is 1.33. The molecule has 0 atom stereocenters. The van der Waals surface area contributed by atoms with Crippen molar-refractivity contribution in [3.63, 3.8) is 0 Å². The summed E-state index contributed by atoms with van der Waals surface area (Å²) in [6, 6.07) is 10.8. The fourth-order valence-corrected chi connectivity index (χ4v) is 4.42. The lowest BCUT2D eigenvalue weighted by atomic mass is 10.2. The van der Waals surface area contributed by atoms with Gasteiger partial charge in [-0.25, -0.2) is 8.42 Å². The molecule has 2 aromatic heterocycles. The number of para-hydroxylation sites is 1. The van der Waals surface area contributed by atoms with Gasteiger partial charge in [0.2, 0.25) is 0 Å². The summed E-state index contributed by atoms with van der Waals surface area (Å²) in [5.74, 6) is 0. The van der Waals surface area contributed by atoms with Crippen molar-refractivity contribution in [2.45, 2.75) is 11.4 Å². The number of sulfonamides is 1. The smallest absolute Gasteiger partial charge is 0.263 e. The van der Waals surface area contributed by atoms with Crippen molar-refractivity contribution in [3.8, 4) is 0 Å². The number of anilines is 1. The molecule has 1 aromatic carbocycles. The monoisotopic (exact) mass is 319 g/mol. The number of hydrogen-bond acceptors (Lipinski definition) is 5. The van der Waals surface area contributed by atoms with E-state index in [4.69, 9.17) is 5.73 Å². The number of benzene rings is 1. The number of nitrogens with two attached hydrogens (primary N) is 1. The van der Waals surface area contributed by atoms with Gasteiger partial charge in [-0.1, -0.05) is 18.2 Å². The van der Waals surface area contributed by atoms with Crippen LogP contribution in [0.2, 0.25) is 0 Å². The van der Waals surface area contributed by atoms with E-state index in [9.17, 15) is 8.42 Å². The Hall–Kier alpha value is -1.96. The molecule has 5 nitrogen and oxygen atoms in total. The Morgan fingerprint density at radius 2 is 2.05 bits per heavy atom. The average molecular weight is 319 g/mol. The zero-order chi connectivity index (χ0) is 14.9. The highest BCUT2D eigenvalue weighted by molar-refractivity contribution is 7.93. The minimum absolute atomic E-state index is 0.198. The third-order valence-electron chi connectivity index (χ3n) is 3.02. The highest BCUT2D eigenvalue weighted by Crippen LogP contribution is 2.24. The number of fused-ring (bicyclic) bond motifs is 1. The Kier molecular flexibility index (Phi) is 3.62. The first kappa shape index (κ1) is 14.0. The second-order valence-corrected chi connectivity index (χ2v) is 7.09. The molecule has 108 valence electrons. The molecule has 0 unspecified atom stereocenters. The lowest BCUT2D eigenvalue weighted by Crippen LogP contribution is -2.14. The predicted molar refractivity (Wildman–Crippen MR) is 84.8 cm³/mol. The number of hydrogen-bond donors (Lipinski definition) is 2. The maximum atomic E-state index is 12.4. The van der Waals surface area contributed by atoms with Gasteiger partial charge in [0.25, 0.3) is 10.0 Å². The summed E-state index contributed by atoms with van der Waals surface area (Å²) in [5.41, 5.74) is 6.82. The number of nitrogens with one attached hydrogen (secondary N) is 1. The minimum Gasteiger partial charge on any atom is -0.326 e. The first-order valence-corrected chi connectivity index (χ1v) is 8.60. The summed E-state index contributed by atoms with van der Waals surface area (Å²) in [5, 5.41) is 2.59. The Labute approximate surface area is 126 Å². The Morgan fingerprint density at radius 1 is 1.24 bits per heavy atom. The van der Waals surface area contributed by atoms with Crippen LogP contribution >= 0.6 is 11.3 Å². The van der Waals surface area contributed by atoms with Gasteiger partial charge in [-0.15, -0.1) is 11.3 Å². The van der Waals surface area contributed by atoms with Gasteiger partial charge in [0, 0.05) is 16.8 Å². The number of pyridine rings is 1. The van der Waals surface area contributed by atoms with E-state index >= 15 is 0 Å². The zero-order valence-electron chi connectivity index (χ0n) is 11.0. The summed E-state index contributed by atoms with van der Waals surface area (Å²) in [4.78, 5) is 5.10. The molecule has 7 heteroatoms. The van der Waals surface area contributed by atoms with Crippen LogP contribution in [-0.4, -0.2) is 13.4 Å². The normalized spacial score (nSPS) is 11.7. The molecule has 3 aromatic rings. The van der Waals surface area contributed by atoms with Crippen LogP contribution in [0.3, 0.4) is 0 Å². The van der Waals surface area contributed by atoms with E-state index < -0.39 is 10.0 Å². The van der Waals surface area contributed by atoms with E-state index in [2.05, 4.69) is 9.71 Å². The maximum Gasteiger partial charge on any atom is 0.263 e. The van der Waals surface area contributed by atoms with Crippen molar-refractivity contribution in [2.75, 3.05) is 4.72 Å². The van der Waals surface area contributed by atoms with Gasteiger partial charge < -0.3 is 5.73 Å². The number of rotatable bonds is 4. The highest BCUT2D eigenvalue weighted by Gasteiger charge is 2.19. The number of aromatic nitrogens is 1. The predicted octanol–water partition coefficient (Wildman–Crippen LogP) is 2.56. The molecule has 0 aliphatic carbocycles. The van der Waals surface area contributed by atoms with Crippen LogP contribution in [0.5, 0.6) is 0 Å². The first-order chi connectivity index (χ1) is 10.1. The molecule has 0 amide bonds. The van der Waals surface area contributed by atoms with Gasteiger partial charge in [0.05, 0.1) is 17.4 Å². The molecule has 0 aliphatic heterocycles. The third-order valence-corrected chi connectivity index (χ3v) is 5.56. The maximum absolute atomic E-state index is 12.4. The molecule has 3 rings (SSSR count). The van der Waals surface area contributed by atoms with E-state index in [-0.39, 0.29) is 11.4 Å². The van der Waals surface area contributed by atoms with Crippen LogP contribution in [0.4, 0.5) is 5.69 Å². The van der Waals surface area contributed by atoms with Gasteiger partial charge in [-0.05, 0) is 23.6 Å². The molecule has 0 saturated carbocycles. The standard InChI is InChI=1S/C14H13N3O2S2/c15-8-13-14(5-6-20-13)21(18,19)17-11-7-10-3-1-2-4-12(10)16-9-11/h1-7,9,17H,8,15H2. The zero-order valence-corrected chi connectivity index (χ0v) is 12.6. The van der Waals surface area contributed by atoms with E-state index in [1.807, 2.05) is 24.3 Å². The highest BCUT2D eigenvalue weighted by atomic mass is 32.2. The largest absolute Gasteiger partial charge is 0.326 e. The molecule has 0 radical (unpaired) electrons. The summed E-state index contributed by atoms with van der Waals surface area (Å²) < 4.78 is 27.3. The number of thiophene rings is 1. The van der Waals surface area contributed by atoms with Crippen molar-refractivity contribution in [3.05, 3.63) is 52.9 Å². The van der Waals surface area contributed by atoms with Gasteiger partial charge in [0.15, 0.2) is 0 Å². The summed E-state index contributed by atoms with van der Waals surface area (Å²) in [6.07, 6.45) is 1.51. The van der Waals surface area contributed by atoms with E-state index in [1.165, 1.54) is 17.5 Å². The quantitative estimate of drug-likeness (QED) is 0.774. The van der Waals surface area contributed by atoms with Crippen molar-refractivity contribution in [2.24, 2.45) is 5.73 Å². The lowest BCUT2D eigenvalue weighted by Gasteiger charge is -2.08. The molecule has 0 aliphatic rings. The summed E-state index contributed by atoms with van der Waals surface area (Å²) in [7, 11) is -3.64. The second-order valence-electron chi connectivity index (χ2n) is 4.43. The molecule has 2 heterocycles. The Morgan fingerprint density at radius 3 is 2.86 bits per heavy atom. The molecule has 0 fully saturated rings. The Balaban J connectivity index is 1.97. The van der Waals surface area contributed by atoms with Crippen molar-refractivity contribution in [1.29, 1.82) is 0 Å². The second kappa shape index (κ2) is 5.44. The van der Waals surface area contributed by atoms with Gasteiger partial charge in [-0.2, -0.15) is 0 Å². The topological polar surface area (TPSA) is 85.1 Å². The fraction of sp³-hybridized carbons (Fsp3) is 0.0714. The van der Waals surface area contributed by atoms with E-state index in [0.29, 0.717) is 10.6 Å². The molecule has 0 bridgehead atoms. The molecular weight excluding hydrogens is 306 g/mol. The fourth-order valence-electron chi connectivity index (χ4n) is 2.05. The molecule has 21 heavy (non-hydrogen) atoms. The van der Waals surface area contributed by atoms with Crippen LogP contribution in [0.15, 0.2) is 52.9 Å². The third kappa shape index (κ3) is 2.76. The molecule has 3 N–H and O–H groups in total.